The lowest BCUT2D eigenvalue weighted by Gasteiger charge is -2.20. The van der Waals surface area contributed by atoms with Crippen LogP contribution in [0.5, 0.6) is 5.75 Å². The highest BCUT2D eigenvalue weighted by atomic mass is 16.5. The lowest BCUT2D eigenvalue weighted by molar-refractivity contribution is -0.119. The molecule has 41 heavy (non-hydrogen) atoms. The number of hydrogen-bond acceptors (Lipinski definition) is 3. The summed E-state index contributed by atoms with van der Waals surface area (Å²) in [6, 6.07) is 40.9. The van der Waals surface area contributed by atoms with Crippen molar-refractivity contribution < 1.29 is 14.3 Å². The summed E-state index contributed by atoms with van der Waals surface area (Å²) in [5, 5.41) is 8.14. The fourth-order valence-corrected chi connectivity index (χ4v) is 4.31. The van der Waals surface area contributed by atoms with Crippen LogP contribution < -0.4 is 15.4 Å². The van der Waals surface area contributed by atoms with Gasteiger partial charge in [-0.1, -0.05) is 109 Å². The molecular weight excluding hydrogens is 508 g/mol. The Morgan fingerprint density at radius 1 is 0.610 bits per heavy atom. The van der Waals surface area contributed by atoms with Crippen LogP contribution >= 0.6 is 0 Å². The third-order valence-electron chi connectivity index (χ3n) is 6.46. The van der Waals surface area contributed by atoms with E-state index in [0.717, 1.165) is 16.7 Å². The van der Waals surface area contributed by atoms with Crippen LogP contribution in [0.4, 0.5) is 0 Å². The first kappa shape index (κ1) is 27.2. The molecule has 0 saturated heterocycles. The number of carbonyl (C=O) groups is 2. The van der Waals surface area contributed by atoms with Gasteiger partial charge in [-0.3, -0.25) is 9.59 Å². The summed E-state index contributed by atoms with van der Waals surface area (Å²) in [5.74, 6) is 0.0249. The van der Waals surface area contributed by atoms with Gasteiger partial charge >= 0.3 is 0 Å². The average Bonchev–Trinajstić information content (AvgIpc) is 3.02. The van der Waals surface area contributed by atoms with Crippen molar-refractivity contribution >= 4 is 34.7 Å². The zero-order valence-electron chi connectivity index (χ0n) is 22.4. The number of carbonyl (C=O) groups excluding carboxylic acids is 2. The van der Waals surface area contributed by atoms with Gasteiger partial charge in [0.2, 0.25) is 11.8 Å². The highest BCUT2D eigenvalue weighted by Crippen LogP contribution is 2.20. The van der Waals surface area contributed by atoms with Crippen molar-refractivity contribution in [1.82, 2.24) is 10.6 Å². The fraction of sp³-hybridized carbons (Fsp3) is 0.0556. The predicted molar refractivity (Wildman–Crippen MR) is 165 cm³/mol. The van der Waals surface area contributed by atoms with E-state index in [1.807, 2.05) is 97.1 Å². The molecule has 0 radical (unpaired) electrons. The van der Waals surface area contributed by atoms with Crippen LogP contribution in [0.1, 0.15) is 28.4 Å². The number of amides is 2. The molecule has 5 aromatic carbocycles. The van der Waals surface area contributed by atoms with E-state index in [1.54, 1.807) is 12.2 Å². The molecule has 0 bridgehead atoms. The van der Waals surface area contributed by atoms with Gasteiger partial charge in [0.15, 0.2) is 0 Å². The molecule has 1 atom stereocenters. The summed E-state index contributed by atoms with van der Waals surface area (Å²) in [4.78, 5) is 25.6. The zero-order valence-corrected chi connectivity index (χ0v) is 22.4. The SMILES string of the molecule is O=C(/C=C\c1ccccc1)NC(NC(=O)/C=C/c1ccccc1)c1ccc(OCc2ccc3ccccc3c2)cc1. The number of hydrogen-bond donors (Lipinski definition) is 2. The van der Waals surface area contributed by atoms with Crippen molar-refractivity contribution in [2.45, 2.75) is 12.8 Å². The fourth-order valence-electron chi connectivity index (χ4n) is 4.31. The first-order valence-electron chi connectivity index (χ1n) is 13.4. The molecule has 0 aliphatic rings. The molecule has 0 heterocycles. The quantitative estimate of drug-likeness (QED) is 0.148. The molecule has 0 aliphatic carbocycles. The Bertz CT molecular complexity index is 1600. The van der Waals surface area contributed by atoms with Gasteiger partial charge in [-0.05, 0) is 63.4 Å². The van der Waals surface area contributed by atoms with Crippen molar-refractivity contribution in [2.24, 2.45) is 0 Å². The summed E-state index contributed by atoms with van der Waals surface area (Å²) in [6.45, 7) is 0.426. The molecule has 2 amide bonds. The van der Waals surface area contributed by atoms with Crippen LogP contribution in [0.2, 0.25) is 0 Å². The minimum atomic E-state index is -0.745. The van der Waals surface area contributed by atoms with E-state index in [2.05, 4.69) is 41.0 Å². The predicted octanol–water partition coefficient (Wildman–Crippen LogP) is 7.08. The number of fused-ring (bicyclic) bond motifs is 1. The van der Waals surface area contributed by atoms with Crippen molar-refractivity contribution in [3.63, 3.8) is 0 Å². The molecule has 5 heteroatoms. The highest BCUT2D eigenvalue weighted by Gasteiger charge is 2.15. The van der Waals surface area contributed by atoms with Gasteiger partial charge in [-0.25, -0.2) is 0 Å². The minimum Gasteiger partial charge on any atom is -0.489 e. The van der Waals surface area contributed by atoms with Crippen molar-refractivity contribution in [3.05, 3.63) is 162 Å². The Hall–Kier alpha value is -5.42. The summed E-state index contributed by atoms with van der Waals surface area (Å²) in [7, 11) is 0. The standard InChI is InChI=1S/C36H30N2O3/c39-34(23-16-27-9-3-1-4-10-27)37-36(38-35(40)24-17-28-11-5-2-6-12-28)31-19-21-33(22-20-31)41-26-29-15-18-30-13-7-8-14-32(30)25-29/h1-25,36H,26H2,(H,37,39)(H,38,40)/b23-16-,24-17+. The maximum atomic E-state index is 12.8. The second-order valence-electron chi connectivity index (χ2n) is 9.48. The molecule has 5 rings (SSSR count). The van der Waals surface area contributed by atoms with Crippen LogP contribution in [0.15, 0.2) is 140 Å². The molecule has 0 aromatic heterocycles. The molecular formula is C36H30N2O3. The minimum absolute atomic E-state index is 0.331. The Labute approximate surface area is 239 Å². The van der Waals surface area contributed by atoms with E-state index < -0.39 is 6.17 Å². The van der Waals surface area contributed by atoms with Gasteiger partial charge in [-0.2, -0.15) is 0 Å². The number of benzene rings is 5. The van der Waals surface area contributed by atoms with E-state index in [4.69, 9.17) is 4.74 Å². The maximum Gasteiger partial charge on any atom is 0.245 e. The first-order valence-corrected chi connectivity index (χ1v) is 13.4. The Kier molecular flexibility index (Phi) is 9.00. The lowest BCUT2D eigenvalue weighted by Crippen LogP contribution is -2.39. The third-order valence-corrected chi connectivity index (χ3v) is 6.46. The molecule has 202 valence electrons. The molecule has 0 saturated carbocycles. The first-order chi connectivity index (χ1) is 20.1. The molecule has 0 aliphatic heterocycles. The van der Waals surface area contributed by atoms with E-state index in [9.17, 15) is 9.59 Å². The van der Waals surface area contributed by atoms with E-state index >= 15 is 0 Å². The topological polar surface area (TPSA) is 67.4 Å². The smallest absolute Gasteiger partial charge is 0.245 e. The van der Waals surface area contributed by atoms with Gasteiger partial charge in [0.1, 0.15) is 18.5 Å². The van der Waals surface area contributed by atoms with Gasteiger partial charge in [0.25, 0.3) is 0 Å². The van der Waals surface area contributed by atoms with Crippen LogP contribution in [0.3, 0.4) is 0 Å². The third kappa shape index (κ3) is 8.04. The largest absolute Gasteiger partial charge is 0.489 e. The Morgan fingerprint density at radius 2 is 1.15 bits per heavy atom. The summed E-state index contributed by atoms with van der Waals surface area (Å²) >= 11 is 0. The second kappa shape index (κ2) is 13.6. The van der Waals surface area contributed by atoms with Crippen LogP contribution in [-0.4, -0.2) is 11.8 Å². The molecule has 5 aromatic rings. The lowest BCUT2D eigenvalue weighted by atomic mass is 10.1. The monoisotopic (exact) mass is 538 g/mol. The zero-order chi connectivity index (χ0) is 28.3. The van der Waals surface area contributed by atoms with Crippen molar-refractivity contribution in [2.75, 3.05) is 0 Å². The molecule has 5 nitrogen and oxygen atoms in total. The highest BCUT2D eigenvalue weighted by molar-refractivity contribution is 5.94. The molecule has 1 unspecified atom stereocenters. The summed E-state index contributed by atoms with van der Waals surface area (Å²) in [5.41, 5.74) is 3.59. The summed E-state index contributed by atoms with van der Waals surface area (Å²) < 4.78 is 6.02. The molecule has 0 fully saturated rings. The Morgan fingerprint density at radius 3 is 1.73 bits per heavy atom. The number of rotatable bonds is 10. The molecule has 0 spiro atoms. The van der Waals surface area contributed by atoms with E-state index in [1.165, 1.54) is 22.9 Å². The normalized spacial score (nSPS) is 11.9. The van der Waals surface area contributed by atoms with Gasteiger partial charge < -0.3 is 15.4 Å². The Balaban J connectivity index is 1.27. The van der Waals surface area contributed by atoms with Crippen LogP contribution in [-0.2, 0) is 16.2 Å². The maximum absolute atomic E-state index is 12.8. The van der Waals surface area contributed by atoms with Crippen molar-refractivity contribution in [1.29, 1.82) is 0 Å². The van der Waals surface area contributed by atoms with Gasteiger partial charge in [0.05, 0.1) is 0 Å². The van der Waals surface area contributed by atoms with Crippen LogP contribution in [0, 0.1) is 0 Å². The number of nitrogens with one attached hydrogen (secondary N) is 2. The van der Waals surface area contributed by atoms with E-state index in [-0.39, 0.29) is 11.8 Å². The molecule has 2 N–H and O–H groups in total. The van der Waals surface area contributed by atoms with Gasteiger partial charge in [0, 0.05) is 12.2 Å². The average molecular weight is 539 g/mol. The van der Waals surface area contributed by atoms with Gasteiger partial charge in [-0.15, -0.1) is 0 Å². The van der Waals surface area contributed by atoms with E-state index in [0.29, 0.717) is 17.9 Å². The van der Waals surface area contributed by atoms with Crippen LogP contribution in [0.25, 0.3) is 22.9 Å². The number of ether oxygens (including phenoxy) is 1. The second-order valence-corrected chi connectivity index (χ2v) is 9.48. The summed E-state index contributed by atoms with van der Waals surface area (Å²) in [6.07, 6.45) is 5.62. The van der Waals surface area contributed by atoms with Crippen molar-refractivity contribution in [3.8, 4) is 5.75 Å².